The first-order valence-corrected chi connectivity index (χ1v) is 9.07. The highest BCUT2D eigenvalue weighted by Crippen LogP contribution is 2.37. The van der Waals surface area contributed by atoms with Gasteiger partial charge < -0.3 is 19.9 Å². The highest BCUT2D eigenvalue weighted by molar-refractivity contribution is 14.1. The molecule has 0 saturated heterocycles. The summed E-state index contributed by atoms with van der Waals surface area (Å²) in [7, 11) is 3.90. The Balaban J connectivity index is 1.70. The number of rotatable bonds is 3. The van der Waals surface area contributed by atoms with Gasteiger partial charge in [0.2, 0.25) is 0 Å². The number of hydrogen-bond donors (Lipinski definition) is 1. The summed E-state index contributed by atoms with van der Waals surface area (Å²) in [5, 5.41) is 0.870. The number of nitrogen functional groups attached to an aromatic ring is 1. The van der Waals surface area contributed by atoms with Crippen molar-refractivity contribution in [2.75, 3.05) is 12.8 Å². The molecule has 0 amide bonds. The lowest BCUT2D eigenvalue weighted by Crippen LogP contribution is -2.32. The van der Waals surface area contributed by atoms with Crippen molar-refractivity contribution in [3.8, 4) is 16.9 Å². The molecule has 1 atom stereocenters. The lowest BCUT2D eigenvalue weighted by molar-refractivity contribution is 0.0870. The van der Waals surface area contributed by atoms with Crippen molar-refractivity contribution < 1.29 is 4.74 Å². The van der Waals surface area contributed by atoms with E-state index in [1.54, 1.807) is 6.21 Å². The first kappa shape index (κ1) is 16.8. The molecule has 1 unspecified atom stereocenters. The summed E-state index contributed by atoms with van der Waals surface area (Å²) in [4.78, 5) is 14.7. The first-order chi connectivity index (χ1) is 12.6. The fraction of sp³-hybridized carbons (Fsp3) is 0.167. The second-order valence-corrected chi connectivity index (χ2v) is 6.98. The van der Waals surface area contributed by atoms with Gasteiger partial charge in [-0.2, -0.15) is 0 Å². The third-order valence-corrected chi connectivity index (χ3v) is 5.54. The maximum atomic E-state index is 6.13. The van der Waals surface area contributed by atoms with Crippen LogP contribution in [-0.4, -0.2) is 39.0 Å². The molecule has 8 heteroatoms. The molecule has 132 valence electrons. The quantitative estimate of drug-likeness (QED) is 0.608. The number of nitrogens with two attached hydrogens (primary N) is 1. The molecule has 0 fully saturated rings. The maximum Gasteiger partial charge on any atom is 0.269 e. The number of hydrogen-bond acceptors (Lipinski definition) is 6. The minimum absolute atomic E-state index is 0.354. The molecule has 3 heterocycles. The van der Waals surface area contributed by atoms with Gasteiger partial charge in [-0.15, -0.1) is 0 Å². The van der Waals surface area contributed by atoms with E-state index in [0.29, 0.717) is 5.82 Å². The predicted octanol–water partition coefficient (Wildman–Crippen LogP) is 3.01. The van der Waals surface area contributed by atoms with Gasteiger partial charge >= 0.3 is 0 Å². The number of aromatic nitrogens is 3. The largest absolute Gasteiger partial charge is 0.450 e. The van der Waals surface area contributed by atoms with Crippen LogP contribution < -0.4 is 10.5 Å². The molecule has 4 rings (SSSR count). The Labute approximate surface area is 164 Å². The van der Waals surface area contributed by atoms with Crippen LogP contribution in [0.1, 0.15) is 0 Å². The summed E-state index contributed by atoms with van der Waals surface area (Å²) in [5.41, 5.74) is 9.01. The second-order valence-electron chi connectivity index (χ2n) is 5.96. The standard InChI is InChI=1S/C18H17IN6O/c1-24-9-3-8-21-18(24)26-12-6-4-11(5-7-12)13-14-16(20)22-10-23-17(14)25(2)15(13)19/h3-10,18H,1-2H3,(H2,20,22,23). The molecular formula is C18H17IN6O. The molecule has 3 aromatic rings. The predicted molar refractivity (Wildman–Crippen MR) is 111 cm³/mol. The molecule has 2 N–H and O–H groups in total. The normalized spacial score (nSPS) is 16.4. The van der Waals surface area contributed by atoms with Gasteiger partial charge in [0.1, 0.15) is 23.5 Å². The van der Waals surface area contributed by atoms with Crippen molar-refractivity contribution in [2.45, 2.75) is 6.35 Å². The van der Waals surface area contributed by atoms with Gasteiger partial charge in [0.25, 0.3) is 6.35 Å². The number of fused-ring (bicyclic) bond motifs is 1. The van der Waals surface area contributed by atoms with Crippen LogP contribution in [0.25, 0.3) is 22.2 Å². The Morgan fingerprint density at radius 1 is 1.15 bits per heavy atom. The van der Waals surface area contributed by atoms with E-state index >= 15 is 0 Å². The Hall–Kier alpha value is -2.62. The van der Waals surface area contributed by atoms with Crippen molar-refractivity contribution in [2.24, 2.45) is 12.0 Å². The van der Waals surface area contributed by atoms with Gasteiger partial charge in [0.05, 0.1) is 9.09 Å². The SMILES string of the molecule is CN1C=CC=NC1Oc1ccc(-c2c(I)n(C)c3ncnc(N)c23)cc1. The maximum absolute atomic E-state index is 6.13. The summed E-state index contributed by atoms with van der Waals surface area (Å²) in [6.07, 6.45) is 6.67. The number of nitrogens with zero attached hydrogens (tertiary/aromatic N) is 5. The number of aryl methyl sites for hydroxylation is 1. The fourth-order valence-corrected chi connectivity index (χ4v) is 3.73. The summed E-state index contributed by atoms with van der Waals surface area (Å²) in [6.45, 7) is 0. The summed E-state index contributed by atoms with van der Waals surface area (Å²) >= 11 is 2.31. The van der Waals surface area contributed by atoms with E-state index < -0.39 is 0 Å². The smallest absolute Gasteiger partial charge is 0.269 e. The zero-order valence-corrected chi connectivity index (χ0v) is 16.5. The van der Waals surface area contributed by atoms with Gasteiger partial charge in [0, 0.05) is 32.1 Å². The van der Waals surface area contributed by atoms with Crippen molar-refractivity contribution in [3.05, 3.63) is 46.6 Å². The number of allylic oxidation sites excluding steroid dienone is 1. The molecule has 0 saturated carbocycles. The fourth-order valence-electron chi connectivity index (χ4n) is 2.92. The van der Waals surface area contributed by atoms with E-state index in [-0.39, 0.29) is 6.35 Å². The molecule has 26 heavy (non-hydrogen) atoms. The molecule has 0 radical (unpaired) electrons. The molecule has 2 aromatic heterocycles. The summed E-state index contributed by atoms with van der Waals surface area (Å²) in [6, 6.07) is 7.90. The molecule has 7 nitrogen and oxygen atoms in total. The monoisotopic (exact) mass is 460 g/mol. The molecule has 0 spiro atoms. The van der Waals surface area contributed by atoms with Crippen LogP contribution >= 0.6 is 22.6 Å². The van der Waals surface area contributed by atoms with Crippen LogP contribution in [0.15, 0.2) is 47.9 Å². The molecule has 1 aliphatic rings. The van der Waals surface area contributed by atoms with Gasteiger partial charge in [-0.05, 0) is 46.4 Å². The van der Waals surface area contributed by atoms with Crippen molar-refractivity contribution in [1.82, 2.24) is 19.4 Å². The number of anilines is 1. The van der Waals surface area contributed by atoms with Crippen LogP contribution in [0.3, 0.4) is 0 Å². The van der Waals surface area contributed by atoms with Crippen LogP contribution in [0.2, 0.25) is 0 Å². The minimum Gasteiger partial charge on any atom is -0.450 e. The van der Waals surface area contributed by atoms with Crippen LogP contribution in [0.4, 0.5) is 5.82 Å². The number of aliphatic imine (C=N–C) groups is 1. The molecular weight excluding hydrogens is 443 g/mol. The van der Waals surface area contributed by atoms with E-state index in [2.05, 4.69) is 37.6 Å². The number of halogens is 1. The minimum atomic E-state index is -0.354. The first-order valence-electron chi connectivity index (χ1n) is 7.99. The number of benzene rings is 1. The Morgan fingerprint density at radius 3 is 2.65 bits per heavy atom. The molecule has 1 aromatic carbocycles. The van der Waals surface area contributed by atoms with Crippen LogP contribution in [-0.2, 0) is 7.05 Å². The van der Waals surface area contributed by atoms with E-state index in [0.717, 1.165) is 31.6 Å². The molecule has 1 aliphatic heterocycles. The van der Waals surface area contributed by atoms with E-state index in [4.69, 9.17) is 10.5 Å². The lowest BCUT2D eigenvalue weighted by atomic mass is 10.1. The van der Waals surface area contributed by atoms with Crippen molar-refractivity contribution >= 4 is 45.7 Å². The summed E-state index contributed by atoms with van der Waals surface area (Å²) in [5.74, 6) is 1.23. The average molecular weight is 460 g/mol. The Morgan fingerprint density at radius 2 is 1.92 bits per heavy atom. The highest BCUT2D eigenvalue weighted by Gasteiger charge is 2.19. The van der Waals surface area contributed by atoms with Crippen LogP contribution in [0.5, 0.6) is 5.75 Å². The molecule has 0 aliphatic carbocycles. The summed E-state index contributed by atoms with van der Waals surface area (Å²) < 4.78 is 9.00. The van der Waals surface area contributed by atoms with Gasteiger partial charge in [-0.25, -0.2) is 15.0 Å². The Kier molecular flexibility index (Phi) is 4.27. The third kappa shape index (κ3) is 2.79. The van der Waals surface area contributed by atoms with Gasteiger partial charge in [-0.1, -0.05) is 12.1 Å². The van der Waals surface area contributed by atoms with Crippen LogP contribution in [0, 0.1) is 3.70 Å². The van der Waals surface area contributed by atoms with Gasteiger partial charge in [0.15, 0.2) is 0 Å². The zero-order valence-electron chi connectivity index (χ0n) is 14.3. The average Bonchev–Trinajstić information content (AvgIpc) is 2.90. The van der Waals surface area contributed by atoms with E-state index in [1.807, 2.05) is 60.1 Å². The Bertz CT molecular complexity index is 1020. The topological polar surface area (TPSA) is 81.6 Å². The zero-order chi connectivity index (χ0) is 18.3. The molecule has 0 bridgehead atoms. The van der Waals surface area contributed by atoms with Gasteiger partial charge in [-0.3, -0.25) is 0 Å². The second kappa shape index (κ2) is 6.60. The van der Waals surface area contributed by atoms with E-state index in [1.165, 1.54) is 6.33 Å². The highest BCUT2D eigenvalue weighted by atomic mass is 127. The van der Waals surface area contributed by atoms with E-state index in [9.17, 15) is 0 Å². The third-order valence-electron chi connectivity index (χ3n) is 4.28. The lowest BCUT2D eigenvalue weighted by Gasteiger charge is -2.25. The van der Waals surface area contributed by atoms with Crippen molar-refractivity contribution in [3.63, 3.8) is 0 Å². The number of ether oxygens (including phenoxy) is 1. The van der Waals surface area contributed by atoms with Crippen molar-refractivity contribution in [1.29, 1.82) is 0 Å².